The van der Waals surface area contributed by atoms with Gasteiger partial charge in [0.05, 0.1) is 5.39 Å². The average Bonchev–Trinajstić information content (AvgIpc) is 3.44. The highest BCUT2D eigenvalue weighted by Crippen LogP contribution is 2.40. The summed E-state index contributed by atoms with van der Waals surface area (Å²) >= 11 is 1.74. The third kappa shape index (κ3) is 5.41. The number of piperazine rings is 1. The zero-order valence-electron chi connectivity index (χ0n) is 23.8. The molecule has 2 atom stereocenters. The monoisotopic (exact) mass is 587 g/mol. The standard InChI is InChI=1S/C31H34FN7O2S/c1-4-25(40)39-14-13-38(18-22(39)16-33-2)30-24-17-34-27(23-11-5-8-20-9-7-15-42-29(20)23)26(32)28(24)35-31(36-30)41-19-21-10-6-12-37(21)3/h4-5,8,11,17,21-22H,1,6-7,9-10,12-16,18-19H2,3H3/t21-,22-/m0/s1. The number of rotatable bonds is 7. The number of halogens is 1. The molecule has 6 rings (SSSR count). The quantitative estimate of drug-likeness (QED) is 0.296. The molecule has 1 aromatic carbocycles. The first-order valence-electron chi connectivity index (χ1n) is 14.4. The Balaban J connectivity index is 1.42. The molecule has 3 aliphatic rings. The number of hydrogen-bond donors (Lipinski definition) is 0. The maximum absolute atomic E-state index is 16.5. The second-order valence-electron chi connectivity index (χ2n) is 11.0. The molecule has 0 saturated carbocycles. The van der Waals surface area contributed by atoms with Gasteiger partial charge in [-0.3, -0.25) is 9.78 Å². The fraction of sp³-hybridized carbons (Fsp3) is 0.452. The second-order valence-corrected chi connectivity index (χ2v) is 12.1. The second kappa shape index (κ2) is 12.2. The molecule has 0 radical (unpaired) electrons. The van der Waals surface area contributed by atoms with Crippen molar-refractivity contribution in [2.45, 2.75) is 42.7 Å². The molecule has 9 nitrogen and oxygen atoms in total. The molecule has 42 heavy (non-hydrogen) atoms. The van der Waals surface area contributed by atoms with Crippen LogP contribution in [0.5, 0.6) is 6.01 Å². The number of benzene rings is 1. The summed E-state index contributed by atoms with van der Waals surface area (Å²) in [5, 5.41) is 0.476. The molecular weight excluding hydrogens is 553 g/mol. The lowest BCUT2D eigenvalue weighted by Gasteiger charge is -2.39. The van der Waals surface area contributed by atoms with E-state index < -0.39 is 5.82 Å². The van der Waals surface area contributed by atoms with Crippen LogP contribution in [0.4, 0.5) is 10.2 Å². The highest BCUT2D eigenvalue weighted by molar-refractivity contribution is 7.99. The van der Waals surface area contributed by atoms with Gasteiger partial charge in [0.15, 0.2) is 5.82 Å². The van der Waals surface area contributed by atoms with Crippen LogP contribution >= 0.6 is 11.8 Å². The third-order valence-corrected chi connectivity index (χ3v) is 9.71. The van der Waals surface area contributed by atoms with Crippen LogP contribution < -0.4 is 9.64 Å². The van der Waals surface area contributed by atoms with E-state index in [0.29, 0.717) is 37.4 Å². The van der Waals surface area contributed by atoms with Gasteiger partial charge in [-0.2, -0.15) is 9.97 Å². The van der Waals surface area contributed by atoms with Gasteiger partial charge in [-0.1, -0.05) is 24.8 Å². The number of aryl methyl sites for hydroxylation is 1. The van der Waals surface area contributed by atoms with E-state index in [0.717, 1.165) is 48.4 Å². The molecule has 2 aromatic heterocycles. The molecular formula is C31H34FN7O2S. The van der Waals surface area contributed by atoms with E-state index >= 15 is 4.39 Å². The minimum absolute atomic E-state index is 0.115. The van der Waals surface area contributed by atoms with Gasteiger partial charge in [-0.25, -0.2) is 11.0 Å². The molecule has 218 valence electrons. The Morgan fingerprint density at radius 3 is 2.93 bits per heavy atom. The van der Waals surface area contributed by atoms with Crippen LogP contribution in [0, 0.1) is 12.4 Å². The summed E-state index contributed by atoms with van der Waals surface area (Å²) in [5.74, 6) is 0.780. The number of anilines is 1. The Labute approximate surface area is 249 Å². The number of amides is 1. The first-order chi connectivity index (χ1) is 20.5. The number of nitrogens with zero attached hydrogens (tertiary/aromatic N) is 7. The maximum Gasteiger partial charge on any atom is 0.319 e. The van der Waals surface area contributed by atoms with Crippen LogP contribution in [0.2, 0.25) is 0 Å². The van der Waals surface area contributed by atoms with Crippen molar-refractivity contribution in [1.82, 2.24) is 24.8 Å². The Bertz CT molecular complexity index is 1560. The Morgan fingerprint density at radius 1 is 1.26 bits per heavy atom. The topological polar surface area (TPSA) is 79.1 Å². The van der Waals surface area contributed by atoms with E-state index in [9.17, 15) is 4.79 Å². The average molecular weight is 588 g/mol. The van der Waals surface area contributed by atoms with Gasteiger partial charge < -0.3 is 24.3 Å². The van der Waals surface area contributed by atoms with Crippen molar-refractivity contribution in [3.63, 3.8) is 0 Å². The van der Waals surface area contributed by atoms with Gasteiger partial charge in [0.2, 0.25) is 12.5 Å². The number of pyridine rings is 1. The van der Waals surface area contributed by atoms with Gasteiger partial charge in [-0.05, 0) is 56.7 Å². The number of likely N-dealkylation sites (tertiary alicyclic amines) is 1. The van der Waals surface area contributed by atoms with Crippen molar-refractivity contribution >= 4 is 34.4 Å². The smallest absolute Gasteiger partial charge is 0.319 e. The van der Waals surface area contributed by atoms with Crippen molar-refractivity contribution in [3.8, 4) is 17.3 Å². The zero-order valence-corrected chi connectivity index (χ0v) is 24.6. The van der Waals surface area contributed by atoms with Gasteiger partial charge in [-0.15, -0.1) is 11.8 Å². The molecule has 1 amide bonds. The van der Waals surface area contributed by atoms with Gasteiger partial charge in [0, 0.05) is 42.3 Å². The SMILES string of the molecule is [C-]#[N+]C[C@H]1CN(c2nc(OC[C@@H]3CCCN3C)nc3c(F)c(-c4cccc5c4SCCC5)ncc23)CCN1C(=O)C=C. The van der Waals surface area contributed by atoms with E-state index in [2.05, 4.69) is 39.4 Å². The van der Waals surface area contributed by atoms with E-state index in [-0.39, 0.29) is 41.8 Å². The molecule has 0 unspecified atom stereocenters. The van der Waals surface area contributed by atoms with Crippen molar-refractivity contribution in [2.24, 2.45) is 0 Å². The van der Waals surface area contributed by atoms with E-state index in [1.807, 2.05) is 17.0 Å². The number of fused-ring (bicyclic) bond motifs is 2. The number of ether oxygens (including phenoxy) is 1. The number of thioether (sulfide) groups is 1. The van der Waals surface area contributed by atoms with Crippen molar-refractivity contribution in [2.75, 3.05) is 57.0 Å². The fourth-order valence-corrected chi connectivity index (χ4v) is 7.34. The number of aromatic nitrogens is 3. The summed E-state index contributed by atoms with van der Waals surface area (Å²) < 4.78 is 22.7. The fourth-order valence-electron chi connectivity index (χ4n) is 6.17. The Morgan fingerprint density at radius 2 is 2.14 bits per heavy atom. The van der Waals surface area contributed by atoms with Gasteiger partial charge >= 0.3 is 6.01 Å². The number of carbonyl (C=O) groups is 1. The van der Waals surface area contributed by atoms with Crippen LogP contribution in [0.15, 0.2) is 41.9 Å². The molecule has 11 heteroatoms. The summed E-state index contributed by atoms with van der Waals surface area (Å²) in [7, 11) is 2.07. The first kappa shape index (κ1) is 28.4. The number of hydrogen-bond acceptors (Lipinski definition) is 8. The molecule has 0 N–H and O–H groups in total. The van der Waals surface area contributed by atoms with E-state index in [1.54, 1.807) is 22.9 Å². The van der Waals surface area contributed by atoms with Gasteiger partial charge in [0.1, 0.15) is 29.7 Å². The maximum atomic E-state index is 16.5. The molecule has 3 aliphatic heterocycles. The summed E-state index contributed by atoms with van der Waals surface area (Å²) in [5.41, 5.74) is 2.42. The predicted octanol–water partition coefficient (Wildman–Crippen LogP) is 4.46. The summed E-state index contributed by atoms with van der Waals surface area (Å²) in [6, 6.07) is 6.00. The highest BCUT2D eigenvalue weighted by Gasteiger charge is 2.34. The molecule has 0 bridgehead atoms. The molecule has 0 spiro atoms. The first-order valence-corrected chi connectivity index (χ1v) is 15.4. The lowest BCUT2D eigenvalue weighted by Crippen LogP contribution is -2.56. The van der Waals surface area contributed by atoms with Crippen LogP contribution in [-0.2, 0) is 11.2 Å². The van der Waals surface area contributed by atoms with Crippen molar-refractivity contribution < 1.29 is 13.9 Å². The molecule has 5 heterocycles. The van der Waals surface area contributed by atoms with Crippen LogP contribution in [0.3, 0.4) is 0 Å². The zero-order chi connectivity index (χ0) is 29.2. The Kier molecular flexibility index (Phi) is 8.27. The minimum atomic E-state index is -0.503. The third-order valence-electron chi connectivity index (χ3n) is 8.45. The predicted molar refractivity (Wildman–Crippen MR) is 162 cm³/mol. The van der Waals surface area contributed by atoms with E-state index in [4.69, 9.17) is 16.3 Å². The van der Waals surface area contributed by atoms with Crippen LogP contribution in [0.1, 0.15) is 24.8 Å². The minimum Gasteiger partial charge on any atom is -0.462 e. The Hall–Kier alpha value is -3.75. The van der Waals surface area contributed by atoms with Crippen LogP contribution in [-0.4, -0.2) is 94.9 Å². The lowest BCUT2D eigenvalue weighted by atomic mass is 10.0. The number of carbonyl (C=O) groups excluding carboxylic acids is 1. The van der Waals surface area contributed by atoms with Crippen molar-refractivity contribution in [3.05, 3.63) is 59.8 Å². The summed E-state index contributed by atoms with van der Waals surface area (Å²) in [4.78, 5) is 37.1. The number of likely N-dealkylation sites (N-methyl/N-ethyl adjacent to an activating group) is 1. The molecule has 2 saturated heterocycles. The lowest BCUT2D eigenvalue weighted by molar-refractivity contribution is -0.128. The normalized spacial score (nSPS) is 20.8. The van der Waals surface area contributed by atoms with Gasteiger partial charge in [0.25, 0.3) is 0 Å². The molecule has 2 fully saturated rings. The molecule has 3 aromatic rings. The summed E-state index contributed by atoms with van der Waals surface area (Å²) in [6.45, 7) is 13.8. The highest BCUT2D eigenvalue weighted by atomic mass is 32.2. The van der Waals surface area contributed by atoms with E-state index in [1.165, 1.54) is 11.6 Å². The van der Waals surface area contributed by atoms with Crippen molar-refractivity contribution in [1.29, 1.82) is 0 Å². The largest absolute Gasteiger partial charge is 0.462 e. The van der Waals surface area contributed by atoms with Crippen LogP contribution in [0.25, 0.3) is 27.0 Å². The molecule has 0 aliphatic carbocycles. The summed E-state index contributed by atoms with van der Waals surface area (Å²) in [6.07, 6.45) is 7.12.